The van der Waals surface area contributed by atoms with Gasteiger partial charge < -0.3 is 20.0 Å². The van der Waals surface area contributed by atoms with E-state index in [1.165, 1.54) is 29.8 Å². The van der Waals surface area contributed by atoms with E-state index >= 15 is 0 Å². The SMILES string of the molecule is O=C(NC[C@@H](c1ccco1)N1CCc2ccccc21)C(=O)Nc1cccc([N+](=O)[O-])c1. The van der Waals surface area contributed by atoms with Crippen LogP contribution < -0.4 is 15.5 Å². The molecule has 0 bridgehead atoms. The Morgan fingerprint density at radius 2 is 1.94 bits per heavy atom. The third-order valence-corrected chi connectivity index (χ3v) is 5.15. The molecule has 3 aromatic rings. The molecule has 0 spiro atoms. The molecule has 1 aliphatic heterocycles. The highest BCUT2D eigenvalue weighted by Crippen LogP contribution is 2.34. The van der Waals surface area contributed by atoms with Crippen LogP contribution >= 0.6 is 0 Å². The molecule has 158 valence electrons. The monoisotopic (exact) mass is 420 g/mol. The number of carbonyl (C=O) groups excluding carboxylic acids is 2. The first-order valence-corrected chi connectivity index (χ1v) is 9.74. The van der Waals surface area contributed by atoms with E-state index in [4.69, 9.17) is 4.42 Å². The van der Waals surface area contributed by atoms with E-state index < -0.39 is 16.7 Å². The van der Waals surface area contributed by atoms with Gasteiger partial charge in [-0.15, -0.1) is 0 Å². The van der Waals surface area contributed by atoms with Crippen molar-refractivity contribution in [2.75, 3.05) is 23.3 Å². The molecule has 1 aliphatic rings. The van der Waals surface area contributed by atoms with Crippen molar-refractivity contribution in [3.05, 3.63) is 88.4 Å². The molecule has 9 nitrogen and oxygen atoms in total. The standard InChI is InChI=1S/C22H20N4O5/c27-21(22(28)24-16-6-3-7-17(13-16)26(29)30)23-14-19(20-9-4-12-31-20)25-11-10-15-5-1-2-8-18(15)25/h1-9,12-13,19H,10-11,14H2,(H,23,27)(H,24,28)/t19-/m0/s1. The van der Waals surface area contributed by atoms with Crippen molar-refractivity contribution in [1.82, 2.24) is 5.32 Å². The summed E-state index contributed by atoms with van der Waals surface area (Å²) < 4.78 is 5.59. The normalized spacial score (nSPS) is 13.4. The molecule has 0 radical (unpaired) electrons. The Bertz CT molecular complexity index is 1110. The molecule has 2 N–H and O–H groups in total. The third kappa shape index (κ3) is 4.40. The van der Waals surface area contributed by atoms with Gasteiger partial charge in [0.2, 0.25) is 0 Å². The van der Waals surface area contributed by atoms with Gasteiger partial charge in [-0.1, -0.05) is 24.3 Å². The molecular weight excluding hydrogens is 400 g/mol. The summed E-state index contributed by atoms with van der Waals surface area (Å²) in [6.07, 6.45) is 2.45. The van der Waals surface area contributed by atoms with Gasteiger partial charge >= 0.3 is 11.8 Å². The highest BCUT2D eigenvalue weighted by atomic mass is 16.6. The van der Waals surface area contributed by atoms with Crippen molar-refractivity contribution < 1.29 is 18.9 Å². The fourth-order valence-electron chi connectivity index (χ4n) is 3.69. The first-order chi connectivity index (χ1) is 15.0. The molecule has 1 aromatic heterocycles. The summed E-state index contributed by atoms with van der Waals surface area (Å²) in [5, 5.41) is 15.9. The van der Waals surface area contributed by atoms with Crippen LogP contribution in [0.15, 0.2) is 71.3 Å². The van der Waals surface area contributed by atoms with Gasteiger partial charge in [-0.25, -0.2) is 0 Å². The Morgan fingerprint density at radius 1 is 1.10 bits per heavy atom. The molecule has 0 aliphatic carbocycles. The van der Waals surface area contributed by atoms with Gasteiger partial charge in [-0.05, 0) is 36.2 Å². The largest absolute Gasteiger partial charge is 0.467 e. The van der Waals surface area contributed by atoms with Gasteiger partial charge in [0.25, 0.3) is 5.69 Å². The van der Waals surface area contributed by atoms with Crippen LogP contribution in [0.4, 0.5) is 17.1 Å². The number of hydrogen-bond acceptors (Lipinski definition) is 6. The van der Waals surface area contributed by atoms with E-state index in [1.807, 2.05) is 24.3 Å². The third-order valence-electron chi connectivity index (χ3n) is 5.15. The van der Waals surface area contributed by atoms with Crippen LogP contribution in [-0.2, 0) is 16.0 Å². The minimum Gasteiger partial charge on any atom is -0.467 e. The zero-order valence-electron chi connectivity index (χ0n) is 16.5. The van der Waals surface area contributed by atoms with Crippen molar-refractivity contribution in [3.63, 3.8) is 0 Å². The maximum absolute atomic E-state index is 12.4. The Kier molecular flexibility index (Phi) is 5.65. The van der Waals surface area contributed by atoms with Crippen LogP contribution in [0.2, 0.25) is 0 Å². The maximum Gasteiger partial charge on any atom is 0.313 e. The highest BCUT2D eigenvalue weighted by Gasteiger charge is 2.29. The lowest BCUT2D eigenvalue weighted by Crippen LogP contribution is -2.41. The minimum atomic E-state index is -0.902. The van der Waals surface area contributed by atoms with Crippen LogP contribution in [-0.4, -0.2) is 29.8 Å². The summed E-state index contributed by atoms with van der Waals surface area (Å²) in [4.78, 5) is 37.1. The predicted octanol–water partition coefficient (Wildman–Crippen LogP) is 3.05. The van der Waals surface area contributed by atoms with Crippen molar-refractivity contribution in [2.45, 2.75) is 12.5 Å². The van der Waals surface area contributed by atoms with Gasteiger partial charge in [0, 0.05) is 36.6 Å². The number of hydrogen-bond donors (Lipinski definition) is 2. The second-order valence-electron chi connectivity index (χ2n) is 7.07. The minimum absolute atomic E-state index is 0.156. The van der Waals surface area contributed by atoms with E-state index in [-0.39, 0.29) is 24.0 Å². The second-order valence-corrected chi connectivity index (χ2v) is 7.07. The number of nitro groups is 1. The molecule has 2 heterocycles. The van der Waals surface area contributed by atoms with E-state index in [0.717, 1.165) is 18.7 Å². The summed E-state index contributed by atoms with van der Waals surface area (Å²) in [5.41, 5.74) is 2.28. The molecule has 1 atom stereocenters. The zero-order chi connectivity index (χ0) is 21.8. The number of anilines is 2. The lowest BCUT2D eigenvalue weighted by molar-refractivity contribution is -0.384. The zero-order valence-corrected chi connectivity index (χ0v) is 16.5. The van der Waals surface area contributed by atoms with Crippen LogP contribution in [0.25, 0.3) is 0 Å². The molecule has 0 saturated heterocycles. The number of furan rings is 1. The van der Waals surface area contributed by atoms with Gasteiger partial charge in [-0.3, -0.25) is 19.7 Å². The van der Waals surface area contributed by atoms with E-state index in [1.54, 1.807) is 12.3 Å². The molecule has 0 fully saturated rings. The maximum atomic E-state index is 12.4. The van der Waals surface area contributed by atoms with Gasteiger partial charge in [0.1, 0.15) is 11.8 Å². The van der Waals surface area contributed by atoms with Crippen LogP contribution in [0.5, 0.6) is 0 Å². The molecular formula is C22H20N4O5. The van der Waals surface area contributed by atoms with Crippen LogP contribution in [0.3, 0.4) is 0 Å². The van der Waals surface area contributed by atoms with Crippen molar-refractivity contribution in [2.24, 2.45) is 0 Å². The number of carbonyl (C=O) groups is 2. The van der Waals surface area contributed by atoms with Crippen LogP contribution in [0, 0.1) is 10.1 Å². The Balaban J connectivity index is 1.44. The molecule has 0 saturated carbocycles. The molecule has 4 rings (SSSR count). The summed E-state index contributed by atoms with van der Waals surface area (Å²) in [6, 6.07) is 16.8. The average molecular weight is 420 g/mol. The number of non-ortho nitro benzene ring substituents is 1. The number of amides is 2. The van der Waals surface area contributed by atoms with Gasteiger partial charge in [-0.2, -0.15) is 0 Å². The van der Waals surface area contributed by atoms with E-state index in [9.17, 15) is 19.7 Å². The first kappa shape index (κ1) is 20.1. The Hall–Kier alpha value is -4.14. The highest BCUT2D eigenvalue weighted by molar-refractivity contribution is 6.39. The smallest absolute Gasteiger partial charge is 0.313 e. The Morgan fingerprint density at radius 3 is 2.71 bits per heavy atom. The molecule has 2 amide bonds. The average Bonchev–Trinajstić information content (AvgIpc) is 3.45. The lowest BCUT2D eigenvalue weighted by Gasteiger charge is -2.29. The molecule has 0 unspecified atom stereocenters. The topological polar surface area (TPSA) is 118 Å². The predicted molar refractivity (Wildman–Crippen MR) is 114 cm³/mol. The second kappa shape index (κ2) is 8.70. The number of nitrogens with zero attached hydrogens (tertiary/aromatic N) is 2. The lowest BCUT2D eigenvalue weighted by atomic mass is 10.1. The molecule has 2 aromatic carbocycles. The fraction of sp³-hybridized carbons (Fsp3) is 0.182. The quantitative estimate of drug-likeness (QED) is 0.360. The number of fused-ring (bicyclic) bond motifs is 1. The first-order valence-electron chi connectivity index (χ1n) is 9.74. The van der Waals surface area contributed by atoms with Crippen molar-refractivity contribution in [1.29, 1.82) is 0 Å². The molecule has 31 heavy (non-hydrogen) atoms. The Labute approximate surface area is 177 Å². The molecule has 9 heteroatoms. The number of nitrogens with one attached hydrogen (secondary N) is 2. The number of benzene rings is 2. The number of rotatable bonds is 6. The summed E-state index contributed by atoms with van der Waals surface area (Å²) in [6.45, 7) is 0.920. The van der Waals surface area contributed by atoms with E-state index in [0.29, 0.717) is 5.76 Å². The summed E-state index contributed by atoms with van der Waals surface area (Å²) in [7, 11) is 0. The summed E-state index contributed by atoms with van der Waals surface area (Å²) in [5.74, 6) is -1.06. The summed E-state index contributed by atoms with van der Waals surface area (Å²) >= 11 is 0. The van der Waals surface area contributed by atoms with Crippen molar-refractivity contribution in [3.8, 4) is 0 Å². The van der Waals surface area contributed by atoms with Gasteiger partial charge in [0.05, 0.1) is 11.2 Å². The number of nitro benzene ring substituents is 1. The van der Waals surface area contributed by atoms with Crippen molar-refractivity contribution >= 4 is 28.9 Å². The van der Waals surface area contributed by atoms with Gasteiger partial charge in [0.15, 0.2) is 0 Å². The van der Waals surface area contributed by atoms with Crippen LogP contribution in [0.1, 0.15) is 17.4 Å². The number of para-hydroxylation sites is 1. The van der Waals surface area contributed by atoms with E-state index in [2.05, 4.69) is 21.6 Å². The fourth-order valence-corrected chi connectivity index (χ4v) is 3.69.